The summed E-state index contributed by atoms with van der Waals surface area (Å²) in [7, 11) is 0. The summed E-state index contributed by atoms with van der Waals surface area (Å²) >= 11 is 2.19. The van der Waals surface area contributed by atoms with E-state index < -0.39 is 0 Å². The second-order valence-electron chi connectivity index (χ2n) is 7.34. The van der Waals surface area contributed by atoms with E-state index in [0.29, 0.717) is 0 Å². The van der Waals surface area contributed by atoms with Crippen molar-refractivity contribution in [2.75, 3.05) is 11.5 Å². The van der Waals surface area contributed by atoms with E-state index in [2.05, 4.69) is 25.6 Å². The number of phenols is 2. The summed E-state index contributed by atoms with van der Waals surface area (Å²) < 4.78 is 0. The van der Waals surface area contributed by atoms with Gasteiger partial charge in [0.05, 0.1) is 0 Å². The normalized spacial score (nSPS) is 10.4. The van der Waals surface area contributed by atoms with Crippen molar-refractivity contribution in [3.63, 3.8) is 0 Å². The smallest absolute Gasteiger partial charge is 0.157 e. The SMILES string of the molecule is CCCCCCCCCSCCCCCCCCC.Oc1ccccc1O. The minimum atomic E-state index is -0.0764. The first-order valence-electron chi connectivity index (χ1n) is 11.3. The first-order chi connectivity index (χ1) is 13.2. The highest BCUT2D eigenvalue weighted by Gasteiger charge is 1.94. The molecule has 0 spiro atoms. The van der Waals surface area contributed by atoms with Crippen LogP contribution in [0.25, 0.3) is 0 Å². The van der Waals surface area contributed by atoms with Crippen molar-refractivity contribution >= 4 is 11.8 Å². The number of rotatable bonds is 16. The third kappa shape index (κ3) is 19.7. The van der Waals surface area contributed by atoms with Crippen LogP contribution in [0.15, 0.2) is 24.3 Å². The highest BCUT2D eigenvalue weighted by atomic mass is 32.2. The molecule has 0 unspecified atom stereocenters. The Morgan fingerprint density at radius 2 is 0.889 bits per heavy atom. The zero-order chi connectivity index (χ0) is 20.0. The maximum Gasteiger partial charge on any atom is 0.157 e. The van der Waals surface area contributed by atoms with E-state index in [1.54, 1.807) is 12.1 Å². The van der Waals surface area contributed by atoms with Crippen molar-refractivity contribution in [3.8, 4) is 11.5 Å². The van der Waals surface area contributed by atoms with Crippen molar-refractivity contribution in [1.82, 2.24) is 0 Å². The van der Waals surface area contributed by atoms with Gasteiger partial charge in [0, 0.05) is 0 Å². The Kier molecular flexibility index (Phi) is 20.8. The van der Waals surface area contributed by atoms with Gasteiger partial charge < -0.3 is 10.2 Å². The van der Waals surface area contributed by atoms with Crippen LogP contribution in [0.3, 0.4) is 0 Å². The molecule has 0 aliphatic rings. The Morgan fingerprint density at radius 1 is 0.556 bits per heavy atom. The maximum absolute atomic E-state index is 8.67. The Morgan fingerprint density at radius 3 is 1.22 bits per heavy atom. The Hall–Kier alpha value is -0.830. The van der Waals surface area contributed by atoms with Crippen molar-refractivity contribution in [3.05, 3.63) is 24.3 Å². The quantitative estimate of drug-likeness (QED) is 0.218. The molecule has 158 valence electrons. The van der Waals surface area contributed by atoms with Gasteiger partial charge in [0.1, 0.15) is 0 Å². The van der Waals surface area contributed by atoms with Gasteiger partial charge in [-0.1, -0.05) is 103 Å². The van der Waals surface area contributed by atoms with Crippen LogP contribution in [0.4, 0.5) is 0 Å². The Labute approximate surface area is 173 Å². The molecule has 0 saturated carbocycles. The number of benzene rings is 1. The molecule has 27 heavy (non-hydrogen) atoms. The summed E-state index contributed by atoms with van der Waals surface area (Å²) in [5, 5.41) is 17.3. The number of aromatic hydroxyl groups is 2. The third-order valence-electron chi connectivity index (χ3n) is 4.67. The fraction of sp³-hybridized carbons (Fsp3) is 0.750. The molecule has 1 aromatic carbocycles. The summed E-state index contributed by atoms with van der Waals surface area (Å²) in [6, 6.07) is 6.15. The molecule has 2 nitrogen and oxygen atoms in total. The van der Waals surface area contributed by atoms with Gasteiger partial charge in [-0.05, 0) is 36.5 Å². The lowest BCUT2D eigenvalue weighted by atomic mass is 10.1. The van der Waals surface area contributed by atoms with Crippen molar-refractivity contribution in [2.45, 2.75) is 104 Å². The molecule has 0 saturated heterocycles. The van der Waals surface area contributed by atoms with Gasteiger partial charge in [0.15, 0.2) is 11.5 Å². The van der Waals surface area contributed by atoms with E-state index in [-0.39, 0.29) is 11.5 Å². The molecular formula is C24H44O2S. The number of phenolic OH excluding ortho intramolecular Hbond substituents is 2. The minimum absolute atomic E-state index is 0.0764. The summed E-state index contributed by atoms with van der Waals surface area (Å²) in [6.45, 7) is 4.58. The second kappa shape index (κ2) is 21.5. The average molecular weight is 397 g/mol. The molecule has 0 amide bonds. The van der Waals surface area contributed by atoms with Gasteiger partial charge in [0.25, 0.3) is 0 Å². The average Bonchev–Trinajstić information content (AvgIpc) is 2.68. The number of hydrogen-bond donors (Lipinski definition) is 2. The molecule has 3 heteroatoms. The predicted molar refractivity (Wildman–Crippen MR) is 123 cm³/mol. The van der Waals surface area contributed by atoms with E-state index in [1.807, 2.05) is 0 Å². The number of thioether (sulfide) groups is 1. The molecule has 0 aliphatic carbocycles. The van der Waals surface area contributed by atoms with Crippen molar-refractivity contribution in [2.24, 2.45) is 0 Å². The highest BCUT2D eigenvalue weighted by molar-refractivity contribution is 7.99. The van der Waals surface area contributed by atoms with Crippen LogP contribution in [0.5, 0.6) is 11.5 Å². The van der Waals surface area contributed by atoms with Gasteiger partial charge in [-0.15, -0.1) is 0 Å². The predicted octanol–water partition coefficient (Wildman–Crippen LogP) is 8.32. The topological polar surface area (TPSA) is 40.5 Å². The van der Waals surface area contributed by atoms with Crippen molar-refractivity contribution < 1.29 is 10.2 Å². The van der Waals surface area contributed by atoms with Crippen LogP contribution in [0.2, 0.25) is 0 Å². The van der Waals surface area contributed by atoms with Crippen molar-refractivity contribution in [1.29, 1.82) is 0 Å². The fourth-order valence-corrected chi connectivity index (χ4v) is 3.91. The van der Waals surface area contributed by atoms with Gasteiger partial charge in [-0.3, -0.25) is 0 Å². The first kappa shape index (κ1) is 26.2. The molecule has 2 N–H and O–H groups in total. The van der Waals surface area contributed by atoms with Crippen LogP contribution in [-0.4, -0.2) is 21.7 Å². The maximum atomic E-state index is 8.67. The molecule has 0 aromatic heterocycles. The summed E-state index contributed by atoms with van der Waals surface area (Å²) in [4.78, 5) is 0. The largest absolute Gasteiger partial charge is 0.504 e. The molecule has 0 atom stereocenters. The van der Waals surface area contributed by atoms with Crippen LogP contribution < -0.4 is 0 Å². The fourth-order valence-electron chi connectivity index (χ4n) is 2.89. The monoisotopic (exact) mass is 396 g/mol. The Balaban J connectivity index is 0.000000694. The molecule has 0 bridgehead atoms. The Bertz CT molecular complexity index is 372. The third-order valence-corrected chi connectivity index (χ3v) is 5.82. The lowest BCUT2D eigenvalue weighted by Gasteiger charge is -2.03. The van der Waals surface area contributed by atoms with Gasteiger partial charge >= 0.3 is 0 Å². The van der Waals surface area contributed by atoms with Crippen LogP contribution in [-0.2, 0) is 0 Å². The molecular weight excluding hydrogens is 352 g/mol. The molecule has 0 radical (unpaired) electrons. The standard InChI is InChI=1S/C18H38S.C6H6O2/c1-3-5-7-9-11-13-15-17-19-18-16-14-12-10-8-6-4-2;7-5-3-1-2-4-6(5)8/h3-18H2,1-2H3;1-4,7-8H. The number of hydrogen-bond acceptors (Lipinski definition) is 3. The number of para-hydroxylation sites is 2. The molecule has 0 aliphatic heterocycles. The summed E-state index contributed by atoms with van der Waals surface area (Å²) in [5.41, 5.74) is 0. The van der Waals surface area contributed by atoms with Crippen LogP contribution >= 0.6 is 11.8 Å². The van der Waals surface area contributed by atoms with Gasteiger partial charge in [0.2, 0.25) is 0 Å². The van der Waals surface area contributed by atoms with Gasteiger partial charge in [-0.25, -0.2) is 0 Å². The zero-order valence-corrected chi connectivity index (χ0v) is 18.7. The van der Waals surface area contributed by atoms with E-state index in [1.165, 1.54) is 114 Å². The highest BCUT2D eigenvalue weighted by Crippen LogP contribution is 2.21. The van der Waals surface area contributed by atoms with E-state index in [4.69, 9.17) is 10.2 Å². The number of unbranched alkanes of at least 4 members (excludes halogenated alkanes) is 12. The first-order valence-corrected chi connectivity index (χ1v) is 12.4. The minimum Gasteiger partial charge on any atom is -0.504 e. The lowest BCUT2D eigenvalue weighted by Crippen LogP contribution is -1.86. The summed E-state index contributed by atoms with van der Waals surface area (Å²) in [6.07, 6.45) is 20.2. The summed E-state index contributed by atoms with van der Waals surface area (Å²) in [5.74, 6) is 2.66. The molecule has 1 aromatic rings. The molecule has 0 fully saturated rings. The molecule has 1 rings (SSSR count). The second-order valence-corrected chi connectivity index (χ2v) is 8.57. The van der Waals surface area contributed by atoms with Gasteiger partial charge in [-0.2, -0.15) is 11.8 Å². The van der Waals surface area contributed by atoms with E-state index in [9.17, 15) is 0 Å². The van der Waals surface area contributed by atoms with Crippen LogP contribution in [0, 0.1) is 0 Å². The zero-order valence-electron chi connectivity index (χ0n) is 17.9. The van der Waals surface area contributed by atoms with E-state index in [0.717, 1.165) is 0 Å². The lowest BCUT2D eigenvalue weighted by molar-refractivity contribution is 0.404. The molecule has 0 heterocycles. The van der Waals surface area contributed by atoms with Crippen LogP contribution in [0.1, 0.15) is 104 Å². The van der Waals surface area contributed by atoms with E-state index >= 15 is 0 Å².